The SMILES string of the molecule is OCc1cc(-c2ccco2)nc2ccc(Br)cc12. The summed E-state index contributed by atoms with van der Waals surface area (Å²) < 4.78 is 6.31. The van der Waals surface area contributed by atoms with Gasteiger partial charge in [0.25, 0.3) is 0 Å². The van der Waals surface area contributed by atoms with Crippen LogP contribution in [-0.4, -0.2) is 10.1 Å². The molecule has 3 aromatic rings. The second kappa shape index (κ2) is 4.55. The smallest absolute Gasteiger partial charge is 0.152 e. The Kier molecular flexibility index (Phi) is 2.89. The van der Waals surface area contributed by atoms with E-state index in [1.54, 1.807) is 6.26 Å². The van der Waals surface area contributed by atoms with E-state index in [9.17, 15) is 5.11 Å². The van der Waals surface area contributed by atoms with Crippen molar-refractivity contribution in [3.05, 3.63) is 52.7 Å². The molecule has 0 bridgehead atoms. The highest BCUT2D eigenvalue weighted by Gasteiger charge is 2.09. The Hall–Kier alpha value is -1.65. The Morgan fingerprint density at radius 3 is 2.83 bits per heavy atom. The van der Waals surface area contributed by atoms with Crippen LogP contribution in [0.3, 0.4) is 0 Å². The lowest BCUT2D eigenvalue weighted by molar-refractivity contribution is 0.283. The predicted molar refractivity (Wildman–Crippen MR) is 73.1 cm³/mol. The van der Waals surface area contributed by atoms with Crippen molar-refractivity contribution in [2.45, 2.75) is 6.61 Å². The lowest BCUT2D eigenvalue weighted by atomic mass is 10.1. The van der Waals surface area contributed by atoms with Crippen molar-refractivity contribution >= 4 is 26.8 Å². The molecule has 90 valence electrons. The Morgan fingerprint density at radius 1 is 1.22 bits per heavy atom. The zero-order chi connectivity index (χ0) is 12.5. The number of hydrogen-bond acceptors (Lipinski definition) is 3. The number of aliphatic hydroxyl groups is 1. The highest BCUT2D eigenvalue weighted by Crippen LogP contribution is 2.27. The third-order valence-electron chi connectivity index (χ3n) is 2.80. The van der Waals surface area contributed by atoms with Crippen molar-refractivity contribution in [1.82, 2.24) is 4.98 Å². The van der Waals surface area contributed by atoms with E-state index in [4.69, 9.17) is 4.42 Å². The van der Waals surface area contributed by atoms with Gasteiger partial charge in [0.1, 0.15) is 5.69 Å². The lowest BCUT2D eigenvalue weighted by Gasteiger charge is -2.06. The molecule has 0 spiro atoms. The van der Waals surface area contributed by atoms with Crippen LogP contribution in [0.15, 0.2) is 51.6 Å². The van der Waals surface area contributed by atoms with E-state index < -0.39 is 0 Å². The molecular weight excluding hydrogens is 294 g/mol. The third kappa shape index (κ3) is 1.94. The molecule has 18 heavy (non-hydrogen) atoms. The van der Waals surface area contributed by atoms with Gasteiger partial charge in [0.05, 0.1) is 18.4 Å². The molecule has 4 heteroatoms. The molecule has 0 radical (unpaired) electrons. The van der Waals surface area contributed by atoms with Crippen LogP contribution in [0, 0.1) is 0 Å². The first-order valence-corrected chi connectivity index (χ1v) is 6.31. The summed E-state index contributed by atoms with van der Waals surface area (Å²) >= 11 is 3.43. The van der Waals surface area contributed by atoms with Gasteiger partial charge < -0.3 is 9.52 Å². The van der Waals surface area contributed by atoms with E-state index in [1.165, 1.54) is 0 Å². The van der Waals surface area contributed by atoms with Crippen LogP contribution in [0.4, 0.5) is 0 Å². The van der Waals surface area contributed by atoms with Crippen molar-refractivity contribution in [3.8, 4) is 11.5 Å². The summed E-state index contributed by atoms with van der Waals surface area (Å²) in [5, 5.41) is 10.4. The molecule has 2 heterocycles. The number of pyridine rings is 1. The Morgan fingerprint density at radius 2 is 2.11 bits per heavy atom. The lowest BCUT2D eigenvalue weighted by Crippen LogP contribution is -1.92. The van der Waals surface area contributed by atoms with E-state index in [2.05, 4.69) is 20.9 Å². The van der Waals surface area contributed by atoms with Gasteiger partial charge in [0.2, 0.25) is 0 Å². The van der Waals surface area contributed by atoms with Crippen molar-refractivity contribution in [3.63, 3.8) is 0 Å². The van der Waals surface area contributed by atoms with E-state index >= 15 is 0 Å². The number of aromatic nitrogens is 1. The monoisotopic (exact) mass is 303 g/mol. The number of aliphatic hydroxyl groups excluding tert-OH is 1. The average Bonchev–Trinajstić information content (AvgIpc) is 2.91. The van der Waals surface area contributed by atoms with Gasteiger partial charge in [-0.25, -0.2) is 4.98 Å². The van der Waals surface area contributed by atoms with Gasteiger partial charge in [-0.15, -0.1) is 0 Å². The number of benzene rings is 1. The van der Waals surface area contributed by atoms with Crippen LogP contribution >= 0.6 is 15.9 Å². The molecule has 0 amide bonds. The van der Waals surface area contributed by atoms with Gasteiger partial charge in [-0.3, -0.25) is 0 Å². The molecule has 0 saturated carbocycles. The summed E-state index contributed by atoms with van der Waals surface area (Å²) in [5.41, 5.74) is 2.42. The van der Waals surface area contributed by atoms with Crippen LogP contribution in [0.1, 0.15) is 5.56 Å². The molecule has 0 saturated heterocycles. The zero-order valence-electron chi connectivity index (χ0n) is 9.43. The van der Waals surface area contributed by atoms with Crippen LogP contribution in [0.2, 0.25) is 0 Å². The van der Waals surface area contributed by atoms with Gasteiger partial charge in [-0.05, 0) is 42.0 Å². The van der Waals surface area contributed by atoms with E-state index in [0.717, 1.165) is 26.6 Å². The first-order valence-electron chi connectivity index (χ1n) is 5.52. The zero-order valence-corrected chi connectivity index (χ0v) is 11.0. The molecule has 3 nitrogen and oxygen atoms in total. The molecule has 0 aliphatic carbocycles. The van der Waals surface area contributed by atoms with Gasteiger partial charge >= 0.3 is 0 Å². The minimum absolute atomic E-state index is 0.0246. The molecule has 0 fully saturated rings. The Labute approximate surface area is 112 Å². The van der Waals surface area contributed by atoms with Crippen molar-refractivity contribution in [1.29, 1.82) is 0 Å². The fraction of sp³-hybridized carbons (Fsp3) is 0.0714. The second-order valence-corrected chi connectivity index (χ2v) is 4.88. The standard InChI is InChI=1S/C14H10BrNO2/c15-10-3-4-12-11(7-10)9(8-17)6-13(16-12)14-2-1-5-18-14/h1-7,17H,8H2. The number of hydrogen-bond donors (Lipinski definition) is 1. The molecule has 0 atom stereocenters. The minimum atomic E-state index is -0.0246. The first-order chi connectivity index (χ1) is 8.78. The number of fused-ring (bicyclic) bond motifs is 1. The summed E-state index contributed by atoms with van der Waals surface area (Å²) in [7, 11) is 0. The molecule has 2 aromatic heterocycles. The van der Waals surface area contributed by atoms with E-state index in [1.807, 2.05) is 36.4 Å². The number of furan rings is 1. The molecule has 1 N–H and O–H groups in total. The third-order valence-corrected chi connectivity index (χ3v) is 3.29. The summed E-state index contributed by atoms with van der Waals surface area (Å²) in [6.45, 7) is -0.0246. The van der Waals surface area contributed by atoms with Crippen LogP contribution in [-0.2, 0) is 6.61 Å². The minimum Gasteiger partial charge on any atom is -0.463 e. The van der Waals surface area contributed by atoms with Crippen molar-refractivity contribution in [2.75, 3.05) is 0 Å². The summed E-state index contributed by atoms with van der Waals surface area (Å²) in [6.07, 6.45) is 1.61. The Balaban J connectivity index is 2.28. The molecule has 0 aliphatic heterocycles. The van der Waals surface area contributed by atoms with Gasteiger partial charge in [-0.2, -0.15) is 0 Å². The maximum Gasteiger partial charge on any atom is 0.152 e. The highest BCUT2D eigenvalue weighted by molar-refractivity contribution is 9.10. The van der Waals surface area contributed by atoms with Crippen molar-refractivity contribution < 1.29 is 9.52 Å². The van der Waals surface area contributed by atoms with E-state index in [0.29, 0.717) is 5.76 Å². The van der Waals surface area contributed by atoms with Crippen LogP contribution in [0.5, 0.6) is 0 Å². The fourth-order valence-electron chi connectivity index (χ4n) is 1.95. The van der Waals surface area contributed by atoms with Crippen LogP contribution < -0.4 is 0 Å². The largest absolute Gasteiger partial charge is 0.463 e. The van der Waals surface area contributed by atoms with E-state index in [-0.39, 0.29) is 6.61 Å². The maximum absolute atomic E-state index is 9.47. The molecule has 0 aliphatic rings. The number of rotatable bonds is 2. The maximum atomic E-state index is 9.47. The normalized spacial score (nSPS) is 11.0. The van der Waals surface area contributed by atoms with Gasteiger partial charge in [0, 0.05) is 9.86 Å². The first kappa shape index (κ1) is 11.4. The highest BCUT2D eigenvalue weighted by atomic mass is 79.9. The topological polar surface area (TPSA) is 46.3 Å². The predicted octanol–water partition coefficient (Wildman–Crippen LogP) is 3.75. The molecule has 1 aromatic carbocycles. The summed E-state index contributed by atoms with van der Waals surface area (Å²) in [5.74, 6) is 0.703. The van der Waals surface area contributed by atoms with Crippen LogP contribution in [0.25, 0.3) is 22.4 Å². The molecule has 0 unspecified atom stereocenters. The fourth-order valence-corrected chi connectivity index (χ4v) is 2.31. The van der Waals surface area contributed by atoms with Crippen molar-refractivity contribution in [2.24, 2.45) is 0 Å². The summed E-state index contributed by atoms with van der Waals surface area (Å²) in [6, 6.07) is 11.3. The quantitative estimate of drug-likeness (QED) is 0.784. The molecule has 3 rings (SSSR count). The average molecular weight is 304 g/mol. The number of nitrogens with zero attached hydrogens (tertiary/aromatic N) is 1. The van der Waals surface area contributed by atoms with Gasteiger partial charge in [-0.1, -0.05) is 15.9 Å². The second-order valence-electron chi connectivity index (χ2n) is 3.96. The number of halogens is 1. The molecular formula is C14H10BrNO2. The summed E-state index contributed by atoms with van der Waals surface area (Å²) in [4.78, 5) is 4.54. The van der Waals surface area contributed by atoms with Gasteiger partial charge in [0.15, 0.2) is 5.76 Å². The Bertz CT molecular complexity index is 692.